The van der Waals surface area contributed by atoms with Gasteiger partial charge in [-0.1, -0.05) is 0 Å². The summed E-state index contributed by atoms with van der Waals surface area (Å²) >= 11 is 0. The number of hydrogen-bond donors (Lipinski definition) is 3. The van der Waals surface area contributed by atoms with Gasteiger partial charge in [-0.15, -0.1) is 0 Å². The Morgan fingerprint density at radius 3 is 2.46 bits per heavy atom. The van der Waals surface area contributed by atoms with Gasteiger partial charge in [0.1, 0.15) is 5.78 Å². The lowest BCUT2D eigenvalue weighted by Crippen LogP contribution is -2.33. The number of nitrogens with one attached hydrogen (secondary N) is 1. The highest BCUT2D eigenvalue weighted by Crippen LogP contribution is 1.94. The van der Waals surface area contributed by atoms with E-state index in [2.05, 4.69) is 9.86 Å². The molecule has 1 atom stereocenters. The minimum absolute atomic E-state index is 0.101. The number of ketones is 1. The quantitative estimate of drug-likeness (QED) is 0.460. The van der Waals surface area contributed by atoms with Crippen LogP contribution in [0.1, 0.15) is 19.8 Å². The van der Waals surface area contributed by atoms with Crippen LogP contribution >= 0.6 is 0 Å². The fourth-order valence-electron chi connectivity index (χ4n) is 0.740. The van der Waals surface area contributed by atoms with E-state index in [4.69, 9.17) is 5.73 Å². The van der Waals surface area contributed by atoms with Crippen molar-refractivity contribution in [3.63, 3.8) is 0 Å². The van der Waals surface area contributed by atoms with Gasteiger partial charge in [-0.05, 0) is 19.8 Å². The predicted octanol–water partition coefficient (Wildman–Crippen LogP) is -1.52. The van der Waals surface area contributed by atoms with Crippen LogP contribution in [0, 0.1) is 0 Å². The van der Waals surface area contributed by atoms with Gasteiger partial charge in [0, 0.05) is 6.54 Å². The summed E-state index contributed by atoms with van der Waals surface area (Å²) in [4.78, 5) is 10.6. The van der Waals surface area contributed by atoms with Gasteiger partial charge < -0.3 is 5.73 Å². The van der Waals surface area contributed by atoms with E-state index in [0.29, 0.717) is 12.8 Å². The third kappa shape index (κ3) is 7.85. The fourth-order valence-corrected chi connectivity index (χ4v) is 1.17. The van der Waals surface area contributed by atoms with E-state index in [-0.39, 0.29) is 12.3 Å². The van der Waals surface area contributed by atoms with Crippen molar-refractivity contribution in [1.29, 1.82) is 0 Å². The number of rotatable bonds is 6. The van der Waals surface area contributed by atoms with Crippen LogP contribution in [0.2, 0.25) is 0 Å². The van der Waals surface area contributed by atoms with Crippen molar-refractivity contribution in [1.82, 2.24) is 4.72 Å². The standard InChI is InChI=1S/C6H15N3O3S/c1-5(10)6(7)3-2-4-9-13(8,11)12/h6,9H,2-4,7H2,1H3,(H2,8,11,12)/t6-/m1/s1. The first-order valence-corrected chi connectivity index (χ1v) is 5.41. The molecule has 0 aromatic carbocycles. The lowest BCUT2D eigenvalue weighted by molar-refractivity contribution is -0.118. The van der Waals surface area contributed by atoms with Crippen LogP contribution in [-0.2, 0) is 15.0 Å². The molecule has 0 bridgehead atoms. The molecule has 0 saturated carbocycles. The number of hydrogen-bond acceptors (Lipinski definition) is 4. The molecule has 0 aliphatic heterocycles. The zero-order chi connectivity index (χ0) is 10.5. The Hall–Kier alpha value is -0.500. The molecule has 0 spiro atoms. The molecule has 0 rings (SSSR count). The van der Waals surface area contributed by atoms with Gasteiger partial charge in [-0.3, -0.25) is 4.79 Å². The lowest BCUT2D eigenvalue weighted by Gasteiger charge is -2.06. The Morgan fingerprint density at radius 1 is 1.54 bits per heavy atom. The molecular formula is C6H15N3O3S. The predicted molar refractivity (Wildman–Crippen MR) is 49.0 cm³/mol. The smallest absolute Gasteiger partial charge is 0.274 e. The highest BCUT2D eigenvalue weighted by molar-refractivity contribution is 7.87. The van der Waals surface area contributed by atoms with Crippen LogP contribution in [0.4, 0.5) is 0 Å². The second-order valence-corrected chi connectivity index (χ2v) is 4.18. The van der Waals surface area contributed by atoms with E-state index in [1.54, 1.807) is 0 Å². The molecule has 0 amide bonds. The maximum Gasteiger partial charge on any atom is 0.274 e. The molecule has 0 fully saturated rings. The molecule has 0 unspecified atom stereocenters. The maximum absolute atomic E-state index is 10.6. The summed E-state index contributed by atoms with van der Waals surface area (Å²) < 4.78 is 22.9. The molecule has 0 heterocycles. The Balaban J connectivity index is 3.53. The second kappa shape index (κ2) is 5.28. The summed E-state index contributed by atoms with van der Waals surface area (Å²) in [6.45, 7) is 1.61. The summed E-state index contributed by atoms with van der Waals surface area (Å²) in [6.07, 6.45) is 0.953. The first kappa shape index (κ1) is 12.5. The van der Waals surface area contributed by atoms with Crippen LogP contribution in [0.15, 0.2) is 0 Å². The highest BCUT2D eigenvalue weighted by atomic mass is 32.2. The lowest BCUT2D eigenvalue weighted by atomic mass is 10.1. The summed E-state index contributed by atoms with van der Waals surface area (Å²) in [5.74, 6) is -0.101. The Labute approximate surface area is 77.9 Å². The Morgan fingerprint density at radius 2 is 2.08 bits per heavy atom. The van der Waals surface area contributed by atoms with Crippen molar-refractivity contribution >= 4 is 16.0 Å². The van der Waals surface area contributed by atoms with Crippen LogP contribution < -0.4 is 15.6 Å². The minimum Gasteiger partial charge on any atom is -0.322 e. The van der Waals surface area contributed by atoms with Crippen molar-refractivity contribution in [2.75, 3.05) is 6.54 Å². The first-order valence-electron chi connectivity index (χ1n) is 3.86. The highest BCUT2D eigenvalue weighted by Gasteiger charge is 2.07. The van der Waals surface area contributed by atoms with Gasteiger partial charge in [0.15, 0.2) is 0 Å². The molecule has 0 aliphatic rings. The molecule has 7 heteroatoms. The molecular weight excluding hydrogens is 194 g/mol. The summed E-state index contributed by atoms with van der Waals surface area (Å²) in [7, 11) is -3.62. The van der Waals surface area contributed by atoms with E-state index in [9.17, 15) is 13.2 Å². The van der Waals surface area contributed by atoms with E-state index >= 15 is 0 Å². The molecule has 0 aliphatic carbocycles. The number of nitrogens with two attached hydrogens (primary N) is 2. The molecule has 0 aromatic rings. The SMILES string of the molecule is CC(=O)[C@H](N)CCCNS(N)(=O)=O. The van der Waals surface area contributed by atoms with Crippen LogP contribution in [0.5, 0.6) is 0 Å². The zero-order valence-corrected chi connectivity index (χ0v) is 8.30. The van der Waals surface area contributed by atoms with Crippen molar-refractivity contribution in [2.45, 2.75) is 25.8 Å². The van der Waals surface area contributed by atoms with E-state index in [1.807, 2.05) is 0 Å². The number of carbonyl (C=O) groups is 1. The van der Waals surface area contributed by atoms with Crippen molar-refractivity contribution in [3.05, 3.63) is 0 Å². The van der Waals surface area contributed by atoms with E-state index in [1.165, 1.54) is 6.92 Å². The first-order chi connectivity index (χ1) is 5.83. The molecule has 0 saturated heterocycles. The van der Waals surface area contributed by atoms with Gasteiger partial charge in [0.05, 0.1) is 6.04 Å². The number of carbonyl (C=O) groups excluding carboxylic acids is 1. The topological polar surface area (TPSA) is 115 Å². The second-order valence-electron chi connectivity index (χ2n) is 2.80. The zero-order valence-electron chi connectivity index (χ0n) is 7.49. The molecule has 5 N–H and O–H groups in total. The largest absolute Gasteiger partial charge is 0.322 e. The summed E-state index contributed by atoms with van der Waals surface area (Å²) in [5, 5.41) is 4.68. The third-order valence-electron chi connectivity index (χ3n) is 1.52. The minimum atomic E-state index is -3.62. The molecule has 6 nitrogen and oxygen atoms in total. The fraction of sp³-hybridized carbons (Fsp3) is 0.833. The summed E-state index contributed by atoms with van der Waals surface area (Å²) in [5.41, 5.74) is 5.41. The van der Waals surface area contributed by atoms with Crippen molar-refractivity contribution in [2.24, 2.45) is 10.9 Å². The molecule has 78 valence electrons. The maximum atomic E-state index is 10.6. The van der Waals surface area contributed by atoms with Gasteiger partial charge >= 0.3 is 0 Å². The van der Waals surface area contributed by atoms with Crippen LogP contribution in [0.3, 0.4) is 0 Å². The van der Waals surface area contributed by atoms with Gasteiger partial charge in [0.25, 0.3) is 10.2 Å². The van der Waals surface area contributed by atoms with Crippen molar-refractivity contribution in [3.8, 4) is 0 Å². The molecule has 0 aromatic heterocycles. The Bertz CT molecular complexity index is 262. The summed E-state index contributed by atoms with van der Waals surface area (Å²) in [6, 6.07) is -0.512. The van der Waals surface area contributed by atoms with Gasteiger partial charge in [-0.25, -0.2) is 9.86 Å². The van der Waals surface area contributed by atoms with E-state index < -0.39 is 16.3 Å². The van der Waals surface area contributed by atoms with E-state index in [0.717, 1.165) is 0 Å². The van der Waals surface area contributed by atoms with Crippen LogP contribution in [-0.4, -0.2) is 26.8 Å². The normalized spacial score (nSPS) is 14.1. The van der Waals surface area contributed by atoms with Gasteiger partial charge in [0.2, 0.25) is 0 Å². The molecule has 13 heavy (non-hydrogen) atoms. The number of Topliss-reactive ketones (excluding diaryl/α,β-unsaturated/α-hetero) is 1. The third-order valence-corrected chi connectivity index (χ3v) is 2.12. The Kier molecular flexibility index (Phi) is 5.07. The van der Waals surface area contributed by atoms with Crippen molar-refractivity contribution < 1.29 is 13.2 Å². The average molecular weight is 209 g/mol. The monoisotopic (exact) mass is 209 g/mol. The average Bonchev–Trinajstić information content (AvgIpc) is 1.95. The van der Waals surface area contributed by atoms with Crippen LogP contribution in [0.25, 0.3) is 0 Å². The molecule has 0 radical (unpaired) electrons. The van der Waals surface area contributed by atoms with Gasteiger partial charge in [-0.2, -0.15) is 8.42 Å².